The summed E-state index contributed by atoms with van der Waals surface area (Å²) in [6.07, 6.45) is 0. The quantitative estimate of drug-likeness (QED) is 0.937. The van der Waals surface area contributed by atoms with Crippen molar-refractivity contribution >= 4 is 5.91 Å². The first-order valence-corrected chi connectivity index (χ1v) is 6.51. The van der Waals surface area contributed by atoms with Crippen LogP contribution in [-0.2, 0) is 0 Å². The summed E-state index contributed by atoms with van der Waals surface area (Å²) in [4.78, 5) is 12.0. The molecule has 116 valence electrons. The number of hydrogen-bond donors (Lipinski definition) is 1. The Labute approximate surface area is 125 Å². The summed E-state index contributed by atoms with van der Waals surface area (Å²) < 4.78 is 44.7. The molecule has 3 nitrogen and oxygen atoms in total. The number of hydrogen-bond acceptors (Lipinski definition) is 2. The SMILES string of the molecule is COc1ccc(C(C)NC(=O)c2cc(F)cc(F)c2)cc1F. The predicted molar refractivity (Wildman–Crippen MR) is 75.2 cm³/mol. The molecule has 0 aromatic heterocycles. The van der Waals surface area contributed by atoms with Gasteiger partial charge in [-0.05, 0) is 36.8 Å². The maximum atomic E-state index is 13.6. The zero-order valence-electron chi connectivity index (χ0n) is 12.0. The average molecular weight is 309 g/mol. The number of benzene rings is 2. The first-order chi connectivity index (χ1) is 10.4. The molecule has 6 heteroatoms. The molecule has 2 aromatic carbocycles. The Hall–Kier alpha value is -2.50. The summed E-state index contributed by atoms with van der Waals surface area (Å²) in [6, 6.07) is 6.27. The summed E-state index contributed by atoms with van der Waals surface area (Å²) in [5.74, 6) is -2.80. The van der Waals surface area contributed by atoms with Crippen molar-refractivity contribution in [3.05, 3.63) is 65.0 Å². The van der Waals surface area contributed by atoms with Crippen molar-refractivity contribution in [1.82, 2.24) is 5.32 Å². The topological polar surface area (TPSA) is 38.3 Å². The molecule has 2 rings (SSSR count). The van der Waals surface area contributed by atoms with E-state index in [1.807, 2.05) is 0 Å². The van der Waals surface area contributed by atoms with E-state index < -0.39 is 29.4 Å². The zero-order chi connectivity index (χ0) is 16.3. The van der Waals surface area contributed by atoms with Gasteiger partial charge in [-0.25, -0.2) is 13.2 Å². The van der Waals surface area contributed by atoms with Gasteiger partial charge < -0.3 is 10.1 Å². The Morgan fingerprint density at radius 1 is 1.09 bits per heavy atom. The third-order valence-electron chi connectivity index (χ3n) is 3.15. The standard InChI is InChI=1S/C16H14F3NO2/c1-9(10-3-4-15(22-2)14(19)7-10)20-16(21)11-5-12(17)8-13(18)6-11/h3-9H,1-2H3,(H,20,21). The second-order valence-electron chi connectivity index (χ2n) is 4.75. The summed E-state index contributed by atoms with van der Waals surface area (Å²) in [5.41, 5.74) is 0.363. The molecule has 1 amide bonds. The van der Waals surface area contributed by atoms with E-state index in [2.05, 4.69) is 5.32 Å². The van der Waals surface area contributed by atoms with E-state index in [-0.39, 0.29) is 11.3 Å². The molecule has 0 spiro atoms. The Morgan fingerprint density at radius 3 is 2.27 bits per heavy atom. The minimum absolute atomic E-state index is 0.0921. The van der Waals surface area contributed by atoms with Gasteiger partial charge in [-0.3, -0.25) is 4.79 Å². The van der Waals surface area contributed by atoms with Gasteiger partial charge >= 0.3 is 0 Å². The zero-order valence-corrected chi connectivity index (χ0v) is 12.0. The van der Waals surface area contributed by atoms with Crippen molar-refractivity contribution in [2.75, 3.05) is 7.11 Å². The van der Waals surface area contributed by atoms with Crippen LogP contribution in [0.5, 0.6) is 5.75 Å². The van der Waals surface area contributed by atoms with Crippen molar-refractivity contribution in [2.24, 2.45) is 0 Å². The summed E-state index contributed by atoms with van der Waals surface area (Å²) in [5, 5.41) is 2.55. The highest BCUT2D eigenvalue weighted by Crippen LogP contribution is 2.22. The van der Waals surface area contributed by atoms with Crippen LogP contribution < -0.4 is 10.1 Å². The molecule has 1 N–H and O–H groups in total. The molecule has 0 aliphatic rings. The van der Waals surface area contributed by atoms with Crippen LogP contribution in [0.4, 0.5) is 13.2 Å². The predicted octanol–water partition coefficient (Wildman–Crippen LogP) is 3.60. The van der Waals surface area contributed by atoms with Crippen molar-refractivity contribution in [3.63, 3.8) is 0 Å². The van der Waals surface area contributed by atoms with Crippen molar-refractivity contribution in [3.8, 4) is 5.75 Å². The van der Waals surface area contributed by atoms with Gasteiger partial charge in [-0.2, -0.15) is 0 Å². The van der Waals surface area contributed by atoms with Gasteiger partial charge in [0.2, 0.25) is 0 Å². The molecule has 0 saturated heterocycles. The van der Waals surface area contributed by atoms with Crippen LogP contribution >= 0.6 is 0 Å². The fraction of sp³-hybridized carbons (Fsp3) is 0.188. The minimum atomic E-state index is -0.840. The van der Waals surface area contributed by atoms with E-state index in [1.54, 1.807) is 13.0 Å². The Bertz CT molecular complexity index is 684. The average Bonchev–Trinajstić information content (AvgIpc) is 2.46. The highest BCUT2D eigenvalue weighted by molar-refractivity contribution is 5.94. The largest absolute Gasteiger partial charge is 0.494 e. The number of methoxy groups -OCH3 is 1. The van der Waals surface area contributed by atoms with E-state index >= 15 is 0 Å². The van der Waals surface area contributed by atoms with E-state index in [9.17, 15) is 18.0 Å². The molecule has 2 aromatic rings. The number of carbonyl (C=O) groups is 1. The molecule has 1 atom stereocenters. The first kappa shape index (κ1) is 15.9. The van der Waals surface area contributed by atoms with Crippen molar-refractivity contribution in [1.29, 1.82) is 0 Å². The van der Waals surface area contributed by atoms with E-state index in [0.29, 0.717) is 11.6 Å². The number of rotatable bonds is 4. The van der Waals surface area contributed by atoms with Gasteiger partial charge in [0.05, 0.1) is 13.2 Å². The Balaban J connectivity index is 2.15. The number of ether oxygens (including phenoxy) is 1. The summed E-state index contributed by atoms with van der Waals surface area (Å²) in [7, 11) is 1.35. The van der Waals surface area contributed by atoms with Crippen LogP contribution in [0.15, 0.2) is 36.4 Å². The molecule has 0 saturated carbocycles. The Kier molecular flexibility index (Phi) is 4.70. The molecule has 0 heterocycles. The van der Waals surface area contributed by atoms with Crippen LogP contribution in [0, 0.1) is 17.5 Å². The third-order valence-corrected chi connectivity index (χ3v) is 3.15. The summed E-state index contributed by atoms with van der Waals surface area (Å²) >= 11 is 0. The number of amides is 1. The highest BCUT2D eigenvalue weighted by Gasteiger charge is 2.15. The molecule has 22 heavy (non-hydrogen) atoms. The van der Waals surface area contributed by atoms with Crippen LogP contribution in [0.1, 0.15) is 28.9 Å². The molecular weight excluding hydrogens is 295 g/mol. The monoisotopic (exact) mass is 309 g/mol. The molecule has 0 bridgehead atoms. The normalized spacial score (nSPS) is 11.9. The molecule has 0 fully saturated rings. The molecule has 0 aliphatic heterocycles. The maximum absolute atomic E-state index is 13.6. The number of halogens is 3. The van der Waals surface area contributed by atoms with Gasteiger partial charge in [0, 0.05) is 11.6 Å². The van der Waals surface area contributed by atoms with Gasteiger partial charge in [0.15, 0.2) is 11.6 Å². The number of carbonyl (C=O) groups excluding carboxylic acids is 1. The van der Waals surface area contributed by atoms with Crippen LogP contribution in [0.3, 0.4) is 0 Å². The van der Waals surface area contributed by atoms with Gasteiger partial charge in [-0.1, -0.05) is 6.07 Å². The lowest BCUT2D eigenvalue weighted by Gasteiger charge is -2.15. The minimum Gasteiger partial charge on any atom is -0.494 e. The van der Waals surface area contributed by atoms with E-state index in [1.165, 1.54) is 19.2 Å². The van der Waals surface area contributed by atoms with Gasteiger partial charge in [0.1, 0.15) is 11.6 Å². The van der Waals surface area contributed by atoms with Crippen LogP contribution in [0.2, 0.25) is 0 Å². The fourth-order valence-electron chi connectivity index (χ4n) is 2.00. The smallest absolute Gasteiger partial charge is 0.251 e. The van der Waals surface area contributed by atoms with Crippen molar-refractivity contribution < 1.29 is 22.7 Å². The molecule has 1 unspecified atom stereocenters. The summed E-state index contributed by atoms with van der Waals surface area (Å²) in [6.45, 7) is 1.63. The van der Waals surface area contributed by atoms with Crippen LogP contribution in [-0.4, -0.2) is 13.0 Å². The van der Waals surface area contributed by atoms with E-state index in [0.717, 1.165) is 12.1 Å². The fourth-order valence-corrected chi connectivity index (χ4v) is 2.00. The molecule has 0 aliphatic carbocycles. The third kappa shape index (κ3) is 3.58. The second-order valence-corrected chi connectivity index (χ2v) is 4.75. The van der Waals surface area contributed by atoms with Crippen LogP contribution in [0.25, 0.3) is 0 Å². The van der Waals surface area contributed by atoms with Gasteiger partial charge in [0.25, 0.3) is 5.91 Å². The maximum Gasteiger partial charge on any atom is 0.251 e. The van der Waals surface area contributed by atoms with Gasteiger partial charge in [-0.15, -0.1) is 0 Å². The second kappa shape index (κ2) is 6.51. The number of nitrogens with one attached hydrogen (secondary N) is 1. The first-order valence-electron chi connectivity index (χ1n) is 6.51. The molecular formula is C16H14F3NO2. The van der Waals surface area contributed by atoms with E-state index in [4.69, 9.17) is 4.74 Å². The lowest BCUT2D eigenvalue weighted by Crippen LogP contribution is -2.27. The lowest BCUT2D eigenvalue weighted by molar-refractivity contribution is 0.0939. The molecule has 0 radical (unpaired) electrons. The lowest BCUT2D eigenvalue weighted by atomic mass is 10.1. The highest BCUT2D eigenvalue weighted by atomic mass is 19.1. The Morgan fingerprint density at radius 2 is 1.73 bits per heavy atom. The van der Waals surface area contributed by atoms with Crippen molar-refractivity contribution in [2.45, 2.75) is 13.0 Å².